The van der Waals surface area contributed by atoms with Gasteiger partial charge in [-0.05, 0) is 72.4 Å². The summed E-state index contributed by atoms with van der Waals surface area (Å²) in [6, 6.07) is 17.6. The quantitative estimate of drug-likeness (QED) is 0.234. The second kappa shape index (κ2) is 10.6. The highest BCUT2D eigenvalue weighted by atomic mass is 35.5. The number of halogens is 3. The summed E-state index contributed by atoms with van der Waals surface area (Å²) in [5, 5.41) is 0.296. The van der Waals surface area contributed by atoms with Crippen molar-refractivity contribution < 1.29 is 18.7 Å². The molecule has 2 aliphatic rings. The van der Waals surface area contributed by atoms with E-state index in [1.54, 1.807) is 30.3 Å². The number of nitrogens with zero attached hydrogens (tertiary/aromatic N) is 3. The third kappa shape index (κ3) is 4.98. The largest absolute Gasteiger partial charge is 0.378 e. The van der Waals surface area contributed by atoms with Gasteiger partial charge < -0.3 is 9.64 Å². The SMILES string of the molecule is O=C1C(=Cc2ccc(F)cc2)C(=O)N(c2cccc(Cl)c2Cl)C(=S)N1c1ccc(N2CCOCC2)cc1. The summed E-state index contributed by atoms with van der Waals surface area (Å²) >= 11 is 18.3. The maximum absolute atomic E-state index is 13.7. The van der Waals surface area contributed by atoms with Crippen LogP contribution in [0.4, 0.5) is 21.5 Å². The highest BCUT2D eigenvalue weighted by molar-refractivity contribution is 7.81. The number of carbonyl (C=O) groups is 2. The van der Waals surface area contributed by atoms with Crippen molar-refractivity contribution in [2.75, 3.05) is 41.0 Å². The molecule has 0 atom stereocenters. The fraction of sp³-hybridized carbons (Fsp3) is 0.148. The molecule has 0 spiro atoms. The van der Waals surface area contributed by atoms with Crippen LogP contribution in [0, 0.1) is 5.82 Å². The number of hydrogen-bond donors (Lipinski definition) is 0. The summed E-state index contributed by atoms with van der Waals surface area (Å²) in [6.07, 6.45) is 1.41. The molecule has 0 aromatic heterocycles. The summed E-state index contributed by atoms with van der Waals surface area (Å²) in [6.45, 7) is 2.82. The van der Waals surface area contributed by atoms with Crippen molar-refractivity contribution in [2.24, 2.45) is 0 Å². The van der Waals surface area contributed by atoms with E-state index in [-0.39, 0.29) is 26.4 Å². The van der Waals surface area contributed by atoms with Crippen LogP contribution in [0.15, 0.2) is 72.3 Å². The highest BCUT2D eigenvalue weighted by Gasteiger charge is 2.42. The summed E-state index contributed by atoms with van der Waals surface area (Å²) in [7, 11) is 0. The van der Waals surface area contributed by atoms with E-state index in [2.05, 4.69) is 4.90 Å². The zero-order chi connectivity index (χ0) is 26.1. The molecule has 0 unspecified atom stereocenters. The third-order valence-corrected chi connectivity index (χ3v) is 7.26. The average Bonchev–Trinajstić information content (AvgIpc) is 2.91. The zero-order valence-corrected chi connectivity index (χ0v) is 21.7. The van der Waals surface area contributed by atoms with Crippen LogP contribution in [0.5, 0.6) is 0 Å². The number of morpholine rings is 1. The minimum atomic E-state index is -0.662. The minimum Gasteiger partial charge on any atom is -0.378 e. The van der Waals surface area contributed by atoms with Crippen LogP contribution in [0.3, 0.4) is 0 Å². The number of amides is 2. The van der Waals surface area contributed by atoms with Crippen LogP contribution in [-0.2, 0) is 14.3 Å². The van der Waals surface area contributed by atoms with E-state index >= 15 is 0 Å². The van der Waals surface area contributed by atoms with E-state index in [1.165, 1.54) is 40.1 Å². The summed E-state index contributed by atoms with van der Waals surface area (Å²) < 4.78 is 18.9. The molecule has 2 saturated heterocycles. The first-order chi connectivity index (χ1) is 17.8. The summed E-state index contributed by atoms with van der Waals surface area (Å²) in [5.41, 5.74) is 2.03. The maximum atomic E-state index is 13.7. The van der Waals surface area contributed by atoms with Gasteiger partial charge in [0.05, 0.1) is 34.6 Å². The molecular formula is C27H20Cl2FN3O3S. The van der Waals surface area contributed by atoms with E-state index in [1.807, 2.05) is 12.1 Å². The molecule has 2 amide bonds. The molecule has 0 N–H and O–H groups in total. The second-order valence-electron chi connectivity index (χ2n) is 8.36. The number of carbonyl (C=O) groups excluding carboxylic acids is 2. The summed E-state index contributed by atoms with van der Waals surface area (Å²) in [5.74, 6) is -1.70. The van der Waals surface area contributed by atoms with Crippen molar-refractivity contribution in [1.82, 2.24) is 0 Å². The fourth-order valence-corrected chi connectivity index (χ4v) is 4.94. The number of anilines is 3. The van der Waals surface area contributed by atoms with Gasteiger partial charge in [0.1, 0.15) is 11.4 Å². The van der Waals surface area contributed by atoms with Crippen LogP contribution in [0.2, 0.25) is 10.0 Å². The molecule has 0 aliphatic carbocycles. The molecule has 10 heteroatoms. The first-order valence-corrected chi connectivity index (χ1v) is 12.6. The Hall–Kier alpha value is -3.30. The average molecular weight is 556 g/mol. The van der Waals surface area contributed by atoms with Crippen molar-refractivity contribution in [3.63, 3.8) is 0 Å². The lowest BCUT2D eigenvalue weighted by atomic mass is 10.0. The van der Waals surface area contributed by atoms with Gasteiger partial charge in [-0.15, -0.1) is 0 Å². The Morgan fingerprint density at radius 2 is 1.46 bits per heavy atom. The standard InChI is InChI=1S/C27H20Cl2FN3O3S/c28-22-2-1-3-23(24(22)29)33-26(35)21(16-17-4-6-18(30)7-5-17)25(34)32(27(33)37)20-10-8-19(9-11-20)31-12-14-36-15-13-31/h1-11,16H,12-15H2. The van der Waals surface area contributed by atoms with Gasteiger partial charge in [-0.25, -0.2) is 4.39 Å². The molecule has 0 radical (unpaired) electrons. The number of benzene rings is 3. The van der Waals surface area contributed by atoms with Crippen molar-refractivity contribution in [3.8, 4) is 0 Å². The Bertz CT molecular complexity index is 1410. The predicted octanol–water partition coefficient (Wildman–Crippen LogP) is 5.72. The molecule has 0 saturated carbocycles. The van der Waals surface area contributed by atoms with Crippen LogP contribution in [0.25, 0.3) is 6.08 Å². The van der Waals surface area contributed by atoms with Crippen molar-refractivity contribution in [3.05, 3.63) is 93.7 Å². The molecule has 188 valence electrons. The van der Waals surface area contributed by atoms with Crippen molar-refractivity contribution in [2.45, 2.75) is 0 Å². The molecule has 2 heterocycles. The van der Waals surface area contributed by atoms with Gasteiger partial charge in [0.25, 0.3) is 11.8 Å². The van der Waals surface area contributed by atoms with Crippen LogP contribution in [-0.4, -0.2) is 43.2 Å². The third-order valence-electron chi connectivity index (χ3n) is 6.09. The van der Waals surface area contributed by atoms with Crippen LogP contribution in [0.1, 0.15) is 5.56 Å². The second-order valence-corrected chi connectivity index (χ2v) is 9.51. The maximum Gasteiger partial charge on any atom is 0.270 e. The number of thiocarbonyl (C=S) groups is 1. The van der Waals surface area contributed by atoms with Crippen molar-refractivity contribution >= 4 is 75.5 Å². The Labute approximate surface area is 228 Å². The van der Waals surface area contributed by atoms with E-state index < -0.39 is 17.6 Å². The highest BCUT2D eigenvalue weighted by Crippen LogP contribution is 2.37. The monoisotopic (exact) mass is 555 g/mol. The molecule has 5 rings (SSSR count). The van der Waals surface area contributed by atoms with E-state index in [0.717, 1.165) is 18.8 Å². The van der Waals surface area contributed by atoms with Gasteiger partial charge in [-0.1, -0.05) is 41.4 Å². The molecule has 37 heavy (non-hydrogen) atoms. The molecule has 3 aromatic rings. The van der Waals surface area contributed by atoms with E-state index in [0.29, 0.717) is 24.5 Å². The molecule has 3 aromatic carbocycles. The number of hydrogen-bond acceptors (Lipinski definition) is 5. The minimum absolute atomic E-state index is 0.0606. The first kappa shape index (κ1) is 25.4. The number of rotatable bonds is 4. The lowest BCUT2D eigenvalue weighted by Gasteiger charge is -2.37. The summed E-state index contributed by atoms with van der Waals surface area (Å²) in [4.78, 5) is 32.0. The smallest absolute Gasteiger partial charge is 0.270 e. The number of ether oxygens (including phenoxy) is 1. The van der Waals surface area contributed by atoms with Gasteiger partial charge in [-0.3, -0.25) is 19.4 Å². The van der Waals surface area contributed by atoms with Crippen LogP contribution >= 0.6 is 35.4 Å². The van der Waals surface area contributed by atoms with Crippen molar-refractivity contribution in [1.29, 1.82) is 0 Å². The zero-order valence-electron chi connectivity index (χ0n) is 19.4. The van der Waals surface area contributed by atoms with Gasteiger partial charge in [-0.2, -0.15) is 0 Å². The molecule has 6 nitrogen and oxygen atoms in total. The van der Waals surface area contributed by atoms with Gasteiger partial charge in [0, 0.05) is 18.8 Å². The normalized spacial score (nSPS) is 17.6. The predicted molar refractivity (Wildman–Crippen MR) is 148 cm³/mol. The molecule has 2 fully saturated rings. The Kier molecular flexibility index (Phi) is 7.26. The van der Waals surface area contributed by atoms with Gasteiger partial charge >= 0.3 is 0 Å². The Morgan fingerprint density at radius 1 is 0.838 bits per heavy atom. The lowest BCUT2D eigenvalue weighted by Crippen LogP contribution is -2.57. The topological polar surface area (TPSA) is 53.1 Å². The fourth-order valence-electron chi connectivity index (χ4n) is 4.19. The molecule has 2 aliphatic heterocycles. The Balaban J connectivity index is 1.59. The van der Waals surface area contributed by atoms with Gasteiger partial charge in [0.2, 0.25) is 0 Å². The lowest BCUT2D eigenvalue weighted by molar-refractivity contribution is -0.120. The van der Waals surface area contributed by atoms with E-state index in [9.17, 15) is 14.0 Å². The molecule has 0 bridgehead atoms. The van der Waals surface area contributed by atoms with Crippen LogP contribution < -0.4 is 14.7 Å². The first-order valence-electron chi connectivity index (χ1n) is 11.4. The van der Waals surface area contributed by atoms with E-state index in [4.69, 9.17) is 40.2 Å². The Morgan fingerprint density at radius 3 is 2.14 bits per heavy atom. The molecular weight excluding hydrogens is 536 g/mol. The van der Waals surface area contributed by atoms with Gasteiger partial charge in [0.15, 0.2) is 5.11 Å².